The molecule has 2 aromatic rings. The average Bonchev–Trinajstić information content (AvgIpc) is 2.46. The Hall–Kier alpha value is -2.27. The van der Waals surface area contributed by atoms with Crippen LogP contribution in [-0.4, -0.2) is 12.1 Å². The van der Waals surface area contributed by atoms with Gasteiger partial charge < -0.3 is 4.74 Å². The Balaban J connectivity index is 1.82. The number of carbonyl (C=O) groups is 1. The number of cyclic esters (lactones) is 1. The first-order valence-electron chi connectivity index (χ1n) is 6.92. The zero-order chi connectivity index (χ0) is 13.9. The van der Waals surface area contributed by atoms with E-state index in [0.29, 0.717) is 0 Å². The molecule has 20 heavy (non-hydrogen) atoms. The minimum Gasteiger partial charge on any atom is -0.461 e. The Bertz CT molecular complexity index is 681. The molecular weight excluding hydrogens is 248 g/mol. The molecule has 0 amide bonds. The maximum absolute atomic E-state index is 11.7. The van der Waals surface area contributed by atoms with E-state index in [-0.39, 0.29) is 18.0 Å². The summed E-state index contributed by atoms with van der Waals surface area (Å²) in [5.74, 6) is 2.37. The van der Waals surface area contributed by atoms with E-state index in [1.165, 1.54) is 5.39 Å². The molecule has 2 heteroatoms. The van der Waals surface area contributed by atoms with Crippen molar-refractivity contribution in [3.05, 3.63) is 48.0 Å². The van der Waals surface area contributed by atoms with E-state index in [2.05, 4.69) is 30.2 Å². The highest BCUT2D eigenvalue weighted by Crippen LogP contribution is 2.36. The molecule has 0 N–H and O–H groups in total. The average molecular weight is 264 g/mol. The molecule has 1 aliphatic rings. The van der Waals surface area contributed by atoms with Gasteiger partial charge in [-0.15, -0.1) is 12.3 Å². The van der Waals surface area contributed by atoms with Crippen LogP contribution in [0, 0.1) is 12.3 Å². The first-order valence-corrected chi connectivity index (χ1v) is 6.92. The lowest BCUT2D eigenvalue weighted by Crippen LogP contribution is -2.42. The molecule has 100 valence electrons. The van der Waals surface area contributed by atoms with E-state index in [1.807, 2.05) is 18.2 Å². The number of esters is 1. The minimum atomic E-state index is -0.127. The first kappa shape index (κ1) is 12.7. The van der Waals surface area contributed by atoms with Crippen LogP contribution in [0.4, 0.5) is 0 Å². The van der Waals surface area contributed by atoms with Gasteiger partial charge in [0, 0.05) is 6.42 Å². The number of fused-ring (bicyclic) bond motifs is 1. The maximum atomic E-state index is 11.7. The van der Waals surface area contributed by atoms with Crippen LogP contribution in [0.3, 0.4) is 0 Å². The molecule has 0 saturated carbocycles. The normalized spacial score (nSPS) is 21.1. The van der Waals surface area contributed by atoms with E-state index in [9.17, 15) is 4.79 Å². The fourth-order valence-corrected chi connectivity index (χ4v) is 2.75. The van der Waals surface area contributed by atoms with E-state index < -0.39 is 0 Å². The molecule has 3 rings (SSSR count). The van der Waals surface area contributed by atoms with Gasteiger partial charge in [-0.25, -0.2) is 0 Å². The molecule has 2 aromatic carbocycles. The molecule has 0 bridgehead atoms. The molecule has 1 fully saturated rings. The van der Waals surface area contributed by atoms with Gasteiger partial charge in [0.1, 0.15) is 12.0 Å². The van der Waals surface area contributed by atoms with Gasteiger partial charge in [0.25, 0.3) is 0 Å². The van der Waals surface area contributed by atoms with Gasteiger partial charge in [-0.1, -0.05) is 42.5 Å². The van der Waals surface area contributed by atoms with Crippen molar-refractivity contribution in [3.63, 3.8) is 0 Å². The zero-order valence-electron chi connectivity index (χ0n) is 11.2. The Labute approximate surface area is 118 Å². The predicted molar refractivity (Wildman–Crippen MR) is 79.3 cm³/mol. The summed E-state index contributed by atoms with van der Waals surface area (Å²) in [6.45, 7) is 0. The highest BCUT2D eigenvalue weighted by molar-refractivity contribution is 5.88. The van der Waals surface area contributed by atoms with Crippen molar-refractivity contribution in [2.75, 3.05) is 0 Å². The molecule has 0 aliphatic carbocycles. The maximum Gasteiger partial charge on any atom is 0.317 e. The van der Waals surface area contributed by atoms with Crippen molar-refractivity contribution in [3.8, 4) is 12.3 Å². The summed E-state index contributed by atoms with van der Waals surface area (Å²) in [5, 5.41) is 2.35. The van der Waals surface area contributed by atoms with Crippen molar-refractivity contribution < 1.29 is 9.53 Å². The monoisotopic (exact) mass is 264 g/mol. The van der Waals surface area contributed by atoms with E-state index in [0.717, 1.165) is 30.2 Å². The summed E-state index contributed by atoms with van der Waals surface area (Å²) in [7, 11) is 0. The third-order valence-corrected chi connectivity index (χ3v) is 3.84. The SMILES string of the molecule is C#CCCC[C@@H]1OC(=O)[C@H]1c1ccc2ccccc2c1. The van der Waals surface area contributed by atoms with Crippen LogP contribution in [-0.2, 0) is 9.53 Å². The van der Waals surface area contributed by atoms with Crippen LogP contribution in [0.2, 0.25) is 0 Å². The first-order chi connectivity index (χ1) is 9.79. The van der Waals surface area contributed by atoms with Crippen molar-refractivity contribution in [1.82, 2.24) is 0 Å². The molecule has 0 radical (unpaired) electrons. The Morgan fingerprint density at radius 1 is 1.15 bits per heavy atom. The highest BCUT2D eigenvalue weighted by Gasteiger charge is 2.42. The van der Waals surface area contributed by atoms with Crippen LogP contribution in [0.25, 0.3) is 10.8 Å². The number of unbranched alkanes of at least 4 members (excludes halogenated alkanes) is 1. The third kappa shape index (κ3) is 2.28. The van der Waals surface area contributed by atoms with Crippen LogP contribution in [0.15, 0.2) is 42.5 Å². The van der Waals surface area contributed by atoms with Gasteiger partial charge in [-0.2, -0.15) is 0 Å². The second-order valence-corrected chi connectivity index (χ2v) is 5.16. The predicted octanol–water partition coefficient (Wildman–Crippen LogP) is 3.65. The lowest BCUT2D eigenvalue weighted by molar-refractivity contribution is -0.175. The molecule has 0 unspecified atom stereocenters. The number of terminal acetylenes is 1. The molecular formula is C18H16O2. The van der Waals surface area contributed by atoms with E-state index in [1.54, 1.807) is 0 Å². The van der Waals surface area contributed by atoms with E-state index >= 15 is 0 Å². The van der Waals surface area contributed by atoms with Crippen molar-refractivity contribution in [1.29, 1.82) is 0 Å². The van der Waals surface area contributed by atoms with Crippen molar-refractivity contribution in [2.24, 2.45) is 0 Å². The molecule has 1 saturated heterocycles. The van der Waals surface area contributed by atoms with Crippen molar-refractivity contribution in [2.45, 2.75) is 31.3 Å². The fourth-order valence-electron chi connectivity index (χ4n) is 2.75. The number of rotatable bonds is 4. The number of carbonyl (C=O) groups excluding carboxylic acids is 1. The van der Waals surface area contributed by atoms with Crippen molar-refractivity contribution >= 4 is 16.7 Å². The number of hydrogen-bond donors (Lipinski definition) is 0. The quantitative estimate of drug-likeness (QED) is 0.478. The summed E-state index contributed by atoms with van der Waals surface area (Å²) >= 11 is 0. The molecule has 0 aromatic heterocycles. The van der Waals surface area contributed by atoms with Crippen LogP contribution < -0.4 is 0 Å². The van der Waals surface area contributed by atoms with Gasteiger partial charge in [0.15, 0.2) is 0 Å². The molecule has 2 atom stereocenters. The largest absolute Gasteiger partial charge is 0.461 e. The Morgan fingerprint density at radius 2 is 1.95 bits per heavy atom. The third-order valence-electron chi connectivity index (χ3n) is 3.84. The number of ether oxygens (including phenoxy) is 1. The van der Waals surface area contributed by atoms with Crippen LogP contribution in [0.5, 0.6) is 0 Å². The summed E-state index contributed by atoms with van der Waals surface area (Å²) in [4.78, 5) is 11.7. The summed E-state index contributed by atoms with van der Waals surface area (Å²) in [6, 6.07) is 14.3. The Kier molecular flexibility index (Phi) is 3.43. The standard InChI is InChI=1S/C18H16O2/c1-2-3-4-9-16-17(18(19)20-16)15-11-10-13-7-5-6-8-14(13)12-15/h1,5-8,10-12,16-17H,3-4,9H2/t16-,17-/m0/s1. The molecule has 2 nitrogen and oxygen atoms in total. The number of hydrogen-bond acceptors (Lipinski definition) is 2. The summed E-state index contributed by atoms with van der Waals surface area (Å²) in [5.41, 5.74) is 1.05. The number of benzene rings is 2. The lowest BCUT2D eigenvalue weighted by atomic mass is 9.85. The fraction of sp³-hybridized carbons (Fsp3) is 0.278. The summed E-state index contributed by atoms with van der Waals surface area (Å²) < 4.78 is 5.26. The second-order valence-electron chi connectivity index (χ2n) is 5.16. The van der Waals surface area contributed by atoms with E-state index in [4.69, 9.17) is 11.2 Å². The second kappa shape index (κ2) is 5.38. The molecule has 0 spiro atoms. The lowest BCUT2D eigenvalue weighted by Gasteiger charge is -2.35. The van der Waals surface area contributed by atoms with Gasteiger partial charge in [-0.3, -0.25) is 4.79 Å². The van der Waals surface area contributed by atoms with Gasteiger partial charge in [0.05, 0.1) is 0 Å². The van der Waals surface area contributed by atoms with Crippen LogP contribution >= 0.6 is 0 Å². The van der Waals surface area contributed by atoms with Gasteiger partial charge in [-0.05, 0) is 29.2 Å². The van der Waals surface area contributed by atoms with Crippen LogP contribution in [0.1, 0.15) is 30.7 Å². The molecule has 1 aliphatic heterocycles. The topological polar surface area (TPSA) is 26.3 Å². The minimum absolute atomic E-state index is 0.0167. The zero-order valence-corrected chi connectivity index (χ0v) is 11.2. The Morgan fingerprint density at radius 3 is 2.70 bits per heavy atom. The highest BCUT2D eigenvalue weighted by atomic mass is 16.6. The summed E-state index contributed by atoms with van der Waals surface area (Å²) in [6.07, 6.45) is 7.71. The van der Waals surface area contributed by atoms with Gasteiger partial charge in [0.2, 0.25) is 0 Å². The molecule has 1 heterocycles. The van der Waals surface area contributed by atoms with Gasteiger partial charge >= 0.3 is 5.97 Å². The smallest absolute Gasteiger partial charge is 0.317 e.